The maximum absolute atomic E-state index is 12.8. The number of aromatic nitrogens is 2. The van der Waals surface area contributed by atoms with E-state index in [0.29, 0.717) is 6.61 Å². The highest BCUT2D eigenvalue weighted by Gasteiger charge is 2.39. The Bertz CT molecular complexity index is 643. The van der Waals surface area contributed by atoms with Crippen LogP contribution in [0.5, 0.6) is 0 Å². The number of methoxy groups -OCH3 is 1. The van der Waals surface area contributed by atoms with Crippen molar-refractivity contribution >= 4 is 11.6 Å². The second-order valence-corrected chi connectivity index (χ2v) is 5.94. The zero-order valence-electron chi connectivity index (χ0n) is 13.3. The number of imidazole rings is 1. The van der Waals surface area contributed by atoms with Crippen molar-refractivity contribution in [3.63, 3.8) is 0 Å². The number of hydrogen-bond donors (Lipinski definition) is 3. The van der Waals surface area contributed by atoms with Crippen molar-refractivity contribution in [1.82, 2.24) is 15.3 Å². The van der Waals surface area contributed by atoms with Crippen molar-refractivity contribution in [1.29, 1.82) is 0 Å². The molecule has 1 aliphatic heterocycles. The van der Waals surface area contributed by atoms with Gasteiger partial charge in [-0.3, -0.25) is 4.79 Å². The zero-order valence-corrected chi connectivity index (χ0v) is 13.3. The smallest absolute Gasteiger partial charge is 0.233 e. The molecule has 122 valence electrons. The lowest BCUT2D eigenvalue weighted by atomic mass is 9.78. The Kier molecular flexibility index (Phi) is 4.73. The molecule has 6 heteroatoms. The fourth-order valence-electron chi connectivity index (χ4n) is 3.05. The van der Waals surface area contributed by atoms with Gasteiger partial charge >= 0.3 is 0 Å². The Labute approximate surface area is 135 Å². The molecule has 3 rings (SSSR count). The molecule has 1 saturated heterocycles. The maximum Gasteiger partial charge on any atom is 0.233 e. The molecule has 0 atom stereocenters. The molecule has 1 aliphatic rings. The molecule has 0 aliphatic carbocycles. The summed E-state index contributed by atoms with van der Waals surface area (Å²) in [6.07, 6.45) is 5.06. The van der Waals surface area contributed by atoms with E-state index in [1.165, 1.54) is 0 Å². The second-order valence-electron chi connectivity index (χ2n) is 5.94. The van der Waals surface area contributed by atoms with Gasteiger partial charge in [-0.05, 0) is 38.1 Å². The first-order valence-corrected chi connectivity index (χ1v) is 7.84. The SMILES string of the molecule is COCC1(C(=O)Nc2cccc(-c3ncc[nH]3)c2)CCNCC1. The van der Waals surface area contributed by atoms with Crippen molar-refractivity contribution < 1.29 is 9.53 Å². The lowest BCUT2D eigenvalue weighted by Gasteiger charge is -2.35. The van der Waals surface area contributed by atoms with Gasteiger partial charge in [0.25, 0.3) is 0 Å². The number of benzene rings is 1. The molecule has 1 aromatic heterocycles. The molecule has 1 fully saturated rings. The highest BCUT2D eigenvalue weighted by atomic mass is 16.5. The van der Waals surface area contributed by atoms with Gasteiger partial charge in [-0.25, -0.2) is 4.98 Å². The van der Waals surface area contributed by atoms with E-state index in [1.54, 1.807) is 19.5 Å². The zero-order chi connectivity index (χ0) is 16.1. The Morgan fingerprint density at radius 1 is 1.39 bits per heavy atom. The number of ether oxygens (including phenoxy) is 1. The Morgan fingerprint density at radius 3 is 2.91 bits per heavy atom. The Hall–Kier alpha value is -2.18. The van der Waals surface area contributed by atoms with E-state index in [2.05, 4.69) is 20.6 Å². The van der Waals surface area contributed by atoms with Crippen LogP contribution >= 0.6 is 0 Å². The van der Waals surface area contributed by atoms with E-state index < -0.39 is 5.41 Å². The minimum atomic E-state index is -0.458. The average molecular weight is 314 g/mol. The second kappa shape index (κ2) is 6.93. The van der Waals surface area contributed by atoms with Gasteiger partial charge in [0.2, 0.25) is 5.91 Å². The molecule has 6 nitrogen and oxygen atoms in total. The Morgan fingerprint density at radius 2 is 2.22 bits per heavy atom. The normalized spacial score (nSPS) is 16.9. The van der Waals surface area contributed by atoms with E-state index in [-0.39, 0.29) is 5.91 Å². The summed E-state index contributed by atoms with van der Waals surface area (Å²) < 4.78 is 5.32. The average Bonchev–Trinajstić information content (AvgIpc) is 3.11. The first-order valence-electron chi connectivity index (χ1n) is 7.84. The number of carbonyl (C=O) groups is 1. The fraction of sp³-hybridized carbons (Fsp3) is 0.412. The molecule has 23 heavy (non-hydrogen) atoms. The lowest BCUT2D eigenvalue weighted by Crippen LogP contribution is -2.47. The number of piperidine rings is 1. The summed E-state index contributed by atoms with van der Waals surface area (Å²) in [4.78, 5) is 20.2. The minimum Gasteiger partial charge on any atom is -0.384 e. The first kappa shape index (κ1) is 15.7. The van der Waals surface area contributed by atoms with Gasteiger partial charge in [0.15, 0.2) is 0 Å². The molecule has 1 amide bonds. The van der Waals surface area contributed by atoms with E-state index in [9.17, 15) is 4.79 Å². The Balaban J connectivity index is 1.77. The summed E-state index contributed by atoms with van der Waals surface area (Å²) in [6, 6.07) is 7.70. The third-order valence-electron chi connectivity index (χ3n) is 4.36. The van der Waals surface area contributed by atoms with Crippen molar-refractivity contribution in [2.75, 3.05) is 32.1 Å². The number of nitrogens with one attached hydrogen (secondary N) is 3. The van der Waals surface area contributed by atoms with Crippen LogP contribution in [0.15, 0.2) is 36.7 Å². The van der Waals surface area contributed by atoms with Crippen LogP contribution in [0.1, 0.15) is 12.8 Å². The molecule has 0 bridgehead atoms. The molecule has 2 heterocycles. The topological polar surface area (TPSA) is 79.0 Å². The fourth-order valence-corrected chi connectivity index (χ4v) is 3.05. The van der Waals surface area contributed by atoms with E-state index in [4.69, 9.17) is 4.74 Å². The monoisotopic (exact) mass is 314 g/mol. The first-order chi connectivity index (χ1) is 11.2. The molecule has 3 N–H and O–H groups in total. The van der Waals surface area contributed by atoms with Crippen LogP contribution in [0.2, 0.25) is 0 Å². The molecular weight excluding hydrogens is 292 g/mol. The summed E-state index contributed by atoms with van der Waals surface area (Å²) in [5, 5.41) is 6.35. The van der Waals surface area contributed by atoms with Crippen LogP contribution < -0.4 is 10.6 Å². The predicted octanol–water partition coefficient (Wildman–Crippen LogP) is 2.03. The van der Waals surface area contributed by atoms with Gasteiger partial charge in [0, 0.05) is 30.8 Å². The number of anilines is 1. The van der Waals surface area contributed by atoms with Crippen LogP contribution in [0.4, 0.5) is 5.69 Å². The molecule has 1 aromatic carbocycles. The van der Waals surface area contributed by atoms with Crippen molar-refractivity contribution in [2.24, 2.45) is 5.41 Å². The lowest BCUT2D eigenvalue weighted by molar-refractivity contribution is -0.130. The molecule has 0 unspecified atom stereocenters. The quantitative estimate of drug-likeness (QED) is 0.789. The van der Waals surface area contributed by atoms with Crippen molar-refractivity contribution in [2.45, 2.75) is 12.8 Å². The van der Waals surface area contributed by atoms with E-state index >= 15 is 0 Å². The van der Waals surface area contributed by atoms with Gasteiger partial charge in [0.1, 0.15) is 5.82 Å². The number of carbonyl (C=O) groups excluding carboxylic acids is 1. The maximum atomic E-state index is 12.8. The van der Waals surface area contributed by atoms with E-state index in [0.717, 1.165) is 43.0 Å². The highest BCUT2D eigenvalue weighted by Crippen LogP contribution is 2.31. The number of hydrogen-bond acceptors (Lipinski definition) is 4. The molecular formula is C17H22N4O2. The van der Waals surface area contributed by atoms with Gasteiger partial charge < -0.3 is 20.4 Å². The van der Waals surface area contributed by atoms with Gasteiger partial charge in [-0.1, -0.05) is 12.1 Å². The van der Waals surface area contributed by atoms with Crippen LogP contribution in [0.25, 0.3) is 11.4 Å². The van der Waals surface area contributed by atoms with Crippen molar-refractivity contribution in [3.8, 4) is 11.4 Å². The standard InChI is InChI=1S/C17H22N4O2/c1-23-12-17(5-7-18-8-6-17)16(22)21-14-4-2-3-13(11-14)15-19-9-10-20-15/h2-4,9-11,18H,5-8,12H2,1H3,(H,19,20)(H,21,22). The highest BCUT2D eigenvalue weighted by molar-refractivity contribution is 5.96. The molecule has 0 spiro atoms. The number of amides is 1. The molecule has 2 aromatic rings. The predicted molar refractivity (Wildman–Crippen MR) is 89.1 cm³/mol. The minimum absolute atomic E-state index is 0.0254. The summed E-state index contributed by atoms with van der Waals surface area (Å²) in [7, 11) is 1.65. The van der Waals surface area contributed by atoms with Gasteiger partial charge in [-0.2, -0.15) is 0 Å². The number of nitrogens with zero attached hydrogens (tertiary/aromatic N) is 1. The largest absolute Gasteiger partial charge is 0.384 e. The summed E-state index contributed by atoms with van der Waals surface area (Å²) in [5.41, 5.74) is 1.26. The number of rotatable bonds is 5. The molecule has 0 radical (unpaired) electrons. The third kappa shape index (κ3) is 3.43. The van der Waals surface area contributed by atoms with E-state index in [1.807, 2.05) is 24.3 Å². The number of aromatic amines is 1. The van der Waals surface area contributed by atoms with Crippen molar-refractivity contribution in [3.05, 3.63) is 36.7 Å². The summed E-state index contributed by atoms with van der Waals surface area (Å²) in [6.45, 7) is 2.12. The molecule has 0 saturated carbocycles. The summed E-state index contributed by atoms with van der Waals surface area (Å²) >= 11 is 0. The summed E-state index contributed by atoms with van der Waals surface area (Å²) in [5.74, 6) is 0.812. The van der Waals surface area contributed by atoms with Gasteiger partial charge in [-0.15, -0.1) is 0 Å². The van der Waals surface area contributed by atoms with Crippen LogP contribution in [0, 0.1) is 5.41 Å². The van der Waals surface area contributed by atoms with Crippen LogP contribution in [0.3, 0.4) is 0 Å². The van der Waals surface area contributed by atoms with Gasteiger partial charge in [0.05, 0.1) is 12.0 Å². The number of H-pyrrole nitrogens is 1. The third-order valence-corrected chi connectivity index (χ3v) is 4.36. The van der Waals surface area contributed by atoms with Crippen LogP contribution in [-0.4, -0.2) is 42.7 Å². The van der Waals surface area contributed by atoms with Crippen LogP contribution in [-0.2, 0) is 9.53 Å².